The molecule has 1 aliphatic heterocycles. The fourth-order valence-corrected chi connectivity index (χ4v) is 2.29. The van der Waals surface area contributed by atoms with Crippen LogP contribution >= 0.6 is 0 Å². The van der Waals surface area contributed by atoms with Gasteiger partial charge in [-0.15, -0.1) is 0 Å². The quantitative estimate of drug-likeness (QED) is 0.823. The lowest BCUT2D eigenvalue weighted by atomic mass is 9.96. The molecule has 2 rings (SSSR count). The summed E-state index contributed by atoms with van der Waals surface area (Å²) in [6.45, 7) is 7.04. The smallest absolute Gasteiger partial charge is 0.229 e. The molecule has 2 N–H and O–H groups in total. The number of carbonyl (C=O) groups is 1. The first-order valence-electron chi connectivity index (χ1n) is 6.22. The third-order valence-corrected chi connectivity index (χ3v) is 3.19. The fraction of sp³-hybridized carbons (Fsp3) is 0.500. The summed E-state index contributed by atoms with van der Waals surface area (Å²) in [5.41, 5.74) is 3.07. The van der Waals surface area contributed by atoms with Gasteiger partial charge >= 0.3 is 0 Å². The van der Waals surface area contributed by atoms with E-state index in [9.17, 15) is 4.79 Å². The highest BCUT2D eigenvalue weighted by Crippen LogP contribution is 2.29. The molecule has 0 saturated heterocycles. The number of hydrogen-bond acceptors (Lipinski definition) is 2. The van der Waals surface area contributed by atoms with Crippen molar-refractivity contribution in [2.45, 2.75) is 27.2 Å². The van der Waals surface area contributed by atoms with Crippen molar-refractivity contribution in [2.24, 2.45) is 11.8 Å². The number of hydrogen-bond donors (Lipinski definition) is 2. The zero-order valence-electron chi connectivity index (χ0n) is 10.7. The zero-order chi connectivity index (χ0) is 12.4. The Bertz CT molecular complexity index is 426. The minimum atomic E-state index is 0.0572. The van der Waals surface area contributed by atoms with Crippen molar-refractivity contribution in [2.75, 3.05) is 17.2 Å². The van der Waals surface area contributed by atoms with Crippen LogP contribution in [0.1, 0.15) is 25.8 Å². The van der Waals surface area contributed by atoms with Gasteiger partial charge < -0.3 is 10.6 Å². The molecule has 1 aromatic rings. The van der Waals surface area contributed by atoms with Gasteiger partial charge in [0.15, 0.2) is 0 Å². The SMILES string of the molecule is Cc1cccc2c1NC(=O)C(CC(C)C)CN2. The molecule has 1 aromatic carbocycles. The van der Waals surface area contributed by atoms with Crippen molar-refractivity contribution < 1.29 is 4.79 Å². The van der Waals surface area contributed by atoms with Gasteiger partial charge in [0.2, 0.25) is 5.91 Å². The maximum atomic E-state index is 12.1. The van der Waals surface area contributed by atoms with E-state index in [0.717, 1.165) is 29.9 Å². The number of carbonyl (C=O) groups excluding carboxylic acids is 1. The van der Waals surface area contributed by atoms with Gasteiger partial charge in [-0.1, -0.05) is 26.0 Å². The van der Waals surface area contributed by atoms with E-state index >= 15 is 0 Å². The average Bonchev–Trinajstić information content (AvgIpc) is 2.41. The molecule has 1 atom stereocenters. The molecule has 1 unspecified atom stereocenters. The molecule has 1 heterocycles. The summed E-state index contributed by atoms with van der Waals surface area (Å²) in [4.78, 5) is 12.1. The first-order chi connectivity index (χ1) is 8.08. The van der Waals surface area contributed by atoms with Crippen molar-refractivity contribution in [1.82, 2.24) is 0 Å². The Morgan fingerprint density at radius 2 is 2.18 bits per heavy atom. The molecular weight excluding hydrogens is 212 g/mol. The van der Waals surface area contributed by atoms with E-state index in [1.54, 1.807) is 0 Å². The predicted octanol–water partition coefficient (Wildman–Crippen LogP) is 3.02. The largest absolute Gasteiger partial charge is 0.383 e. The Morgan fingerprint density at radius 3 is 2.88 bits per heavy atom. The minimum absolute atomic E-state index is 0.0572. The highest BCUT2D eigenvalue weighted by Gasteiger charge is 2.24. The predicted molar refractivity (Wildman–Crippen MR) is 71.2 cm³/mol. The molecule has 0 aliphatic carbocycles. The highest BCUT2D eigenvalue weighted by atomic mass is 16.1. The van der Waals surface area contributed by atoms with Gasteiger partial charge in [0, 0.05) is 6.54 Å². The second kappa shape index (κ2) is 4.78. The van der Waals surface area contributed by atoms with Crippen LogP contribution in [0.25, 0.3) is 0 Å². The van der Waals surface area contributed by atoms with Crippen LogP contribution < -0.4 is 10.6 Å². The highest BCUT2D eigenvalue weighted by molar-refractivity contribution is 5.98. The number of nitrogens with one attached hydrogen (secondary N) is 2. The molecule has 0 bridgehead atoms. The van der Waals surface area contributed by atoms with Crippen LogP contribution in [0, 0.1) is 18.8 Å². The van der Waals surface area contributed by atoms with Crippen LogP contribution in [0.3, 0.4) is 0 Å². The topological polar surface area (TPSA) is 41.1 Å². The van der Waals surface area contributed by atoms with Gasteiger partial charge in [-0.3, -0.25) is 4.79 Å². The van der Waals surface area contributed by atoms with Crippen LogP contribution in [-0.2, 0) is 4.79 Å². The van der Waals surface area contributed by atoms with Crippen LogP contribution in [-0.4, -0.2) is 12.5 Å². The molecule has 1 aliphatic rings. The number of amides is 1. The van der Waals surface area contributed by atoms with E-state index in [1.807, 2.05) is 25.1 Å². The van der Waals surface area contributed by atoms with Gasteiger partial charge in [-0.05, 0) is 30.9 Å². The van der Waals surface area contributed by atoms with Crippen LogP contribution in [0.15, 0.2) is 18.2 Å². The molecule has 0 fully saturated rings. The Morgan fingerprint density at radius 1 is 1.41 bits per heavy atom. The van der Waals surface area contributed by atoms with Crippen molar-refractivity contribution in [3.8, 4) is 0 Å². The molecule has 3 heteroatoms. The van der Waals surface area contributed by atoms with Crippen molar-refractivity contribution in [1.29, 1.82) is 0 Å². The van der Waals surface area contributed by atoms with Crippen molar-refractivity contribution in [3.05, 3.63) is 23.8 Å². The van der Waals surface area contributed by atoms with Gasteiger partial charge in [0.1, 0.15) is 0 Å². The number of anilines is 2. The summed E-state index contributed by atoms with van der Waals surface area (Å²) in [6, 6.07) is 6.04. The monoisotopic (exact) mass is 232 g/mol. The Balaban J connectivity index is 2.22. The van der Waals surface area contributed by atoms with E-state index in [-0.39, 0.29) is 11.8 Å². The zero-order valence-corrected chi connectivity index (χ0v) is 10.7. The normalized spacial score (nSPS) is 19.3. The Hall–Kier alpha value is -1.51. The summed E-state index contributed by atoms with van der Waals surface area (Å²) < 4.78 is 0. The molecule has 17 heavy (non-hydrogen) atoms. The molecule has 0 spiro atoms. The third-order valence-electron chi connectivity index (χ3n) is 3.19. The minimum Gasteiger partial charge on any atom is -0.383 e. The Kier molecular flexibility index (Phi) is 3.36. The number of para-hydroxylation sites is 1. The molecule has 92 valence electrons. The van der Waals surface area contributed by atoms with E-state index in [2.05, 4.69) is 24.5 Å². The first kappa shape index (κ1) is 12.0. The van der Waals surface area contributed by atoms with Gasteiger partial charge in [0.25, 0.3) is 0 Å². The molecule has 3 nitrogen and oxygen atoms in total. The van der Waals surface area contributed by atoms with E-state index < -0.39 is 0 Å². The number of aryl methyl sites for hydroxylation is 1. The lowest BCUT2D eigenvalue weighted by molar-refractivity contribution is -0.119. The number of rotatable bonds is 2. The van der Waals surface area contributed by atoms with E-state index in [0.29, 0.717) is 5.92 Å². The van der Waals surface area contributed by atoms with Crippen molar-refractivity contribution in [3.63, 3.8) is 0 Å². The van der Waals surface area contributed by atoms with E-state index in [4.69, 9.17) is 0 Å². The lowest BCUT2D eigenvalue weighted by Crippen LogP contribution is -2.27. The average molecular weight is 232 g/mol. The maximum absolute atomic E-state index is 12.1. The molecular formula is C14H20N2O. The summed E-state index contributed by atoms with van der Waals surface area (Å²) in [5, 5.41) is 6.41. The summed E-state index contributed by atoms with van der Waals surface area (Å²) >= 11 is 0. The van der Waals surface area contributed by atoms with Crippen LogP contribution in [0.5, 0.6) is 0 Å². The van der Waals surface area contributed by atoms with Gasteiger partial charge in [-0.25, -0.2) is 0 Å². The summed E-state index contributed by atoms with van der Waals surface area (Å²) in [5.74, 6) is 0.732. The third kappa shape index (κ3) is 2.60. The van der Waals surface area contributed by atoms with E-state index in [1.165, 1.54) is 0 Å². The maximum Gasteiger partial charge on any atom is 0.229 e. The lowest BCUT2D eigenvalue weighted by Gasteiger charge is -2.15. The molecule has 0 radical (unpaired) electrons. The summed E-state index contributed by atoms with van der Waals surface area (Å²) in [7, 11) is 0. The molecule has 0 saturated carbocycles. The molecule has 1 amide bonds. The first-order valence-corrected chi connectivity index (χ1v) is 6.22. The fourth-order valence-electron chi connectivity index (χ4n) is 2.29. The summed E-state index contributed by atoms with van der Waals surface area (Å²) in [6.07, 6.45) is 0.922. The van der Waals surface area contributed by atoms with Gasteiger partial charge in [-0.2, -0.15) is 0 Å². The van der Waals surface area contributed by atoms with Crippen molar-refractivity contribution >= 4 is 17.3 Å². The standard InChI is InChI=1S/C14H20N2O/c1-9(2)7-11-8-15-12-6-4-5-10(3)13(12)16-14(11)17/h4-6,9,11,15H,7-8H2,1-3H3,(H,16,17). The van der Waals surface area contributed by atoms with Gasteiger partial charge in [0.05, 0.1) is 17.3 Å². The second-order valence-corrected chi connectivity index (χ2v) is 5.19. The van der Waals surface area contributed by atoms with Crippen LogP contribution in [0.2, 0.25) is 0 Å². The second-order valence-electron chi connectivity index (χ2n) is 5.19. The Labute approximate surface area is 103 Å². The number of fused-ring (bicyclic) bond motifs is 1. The van der Waals surface area contributed by atoms with Crippen LogP contribution in [0.4, 0.5) is 11.4 Å². The number of benzene rings is 1. The molecule has 0 aromatic heterocycles.